The van der Waals surface area contributed by atoms with Crippen LogP contribution in [0.1, 0.15) is 53.4 Å². The quantitative estimate of drug-likeness (QED) is 0.548. The molecule has 1 heterocycles. The van der Waals surface area contributed by atoms with Gasteiger partial charge in [0, 0.05) is 33.7 Å². The summed E-state index contributed by atoms with van der Waals surface area (Å²) in [6.07, 6.45) is 3.65. The molecule has 2 rings (SSSR count). The molecule has 1 saturated carbocycles. The van der Waals surface area contributed by atoms with Crippen LogP contribution in [0.25, 0.3) is 0 Å². The fourth-order valence-corrected chi connectivity index (χ4v) is 3.75. The number of aliphatic imine (C=N–C) groups is 1. The second-order valence-corrected chi connectivity index (χ2v) is 9.11. The van der Waals surface area contributed by atoms with Gasteiger partial charge < -0.3 is 25.2 Å². The van der Waals surface area contributed by atoms with Crippen molar-refractivity contribution < 1.29 is 14.3 Å². The van der Waals surface area contributed by atoms with Gasteiger partial charge >= 0.3 is 6.09 Å². The molecule has 0 bridgehead atoms. The lowest BCUT2D eigenvalue weighted by molar-refractivity contribution is -0.138. The number of nitrogens with one attached hydrogen (secondary N) is 2. The van der Waals surface area contributed by atoms with Gasteiger partial charge in [0.2, 0.25) is 5.91 Å². The summed E-state index contributed by atoms with van der Waals surface area (Å²) >= 11 is 0. The van der Waals surface area contributed by atoms with Gasteiger partial charge in [-0.1, -0.05) is 12.8 Å². The smallest absolute Gasteiger partial charge is 0.410 e. The van der Waals surface area contributed by atoms with E-state index in [0.717, 1.165) is 32.2 Å². The molecule has 8 nitrogen and oxygen atoms in total. The van der Waals surface area contributed by atoms with Gasteiger partial charge in [-0.05, 0) is 40.5 Å². The van der Waals surface area contributed by atoms with Gasteiger partial charge in [0.05, 0.1) is 18.0 Å². The summed E-state index contributed by atoms with van der Waals surface area (Å²) in [5, 5.41) is 6.63. The van der Waals surface area contributed by atoms with E-state index in [-0.39, 0.29) is 23.5 Å². The van der Waals surface area contributed by atoms with Gasteiger partial charge in [-0.15, -0.1) is 0 Å². The summed E-state index contributed by atoms with van der Waals surface area (Å²) in [6, 6.07) is 0.134. The molecule has 0 aromatic heterocycles. The van der Waals surface area contributed by atoms with E-state index in [1.165, 1.54) is 0 Å². The largest absolute Gasteiger partial charge is 0.444 e. The van der Waals surface area contributed by atoms with Gasteiger partial charge in [-0.2, -0.15) is 0 Å². The van der Waals surface area contributed by atoms with Crippen molar-refractivity contribution in [3.05, 3.63) is 0 Å². The lowest BCUT2D eigenvalue weighted by Gasteiger charge is -2.40. The number of likely N-dealkylation sites (tertiary alicyclic amines) is 1. The molecule has 8 heteroatoms. The molecule has 1 saturated heterocycles. The van der Waals surface area contributed by atoms with Crippen LogP contribution in [-0.4, -0.2) is 79.7 Å². The molecule has 28 heavy (non-hydrogen) atoms. The minimum absolute atomic E-state index is 0.134. The summed E-state index contributed by atoms with van der Waals surface area (Å²) in [6.45, 7) is 10.0. The highest BCUT2D eigenvalue weighted by Crippen LogP contribution is 2.39. The predicted octanol–water partition coefficient (Wildman–Crippen LogP) is 1.81. The van der Waals surface area contributed by atoms with E-state index >= 15 is 0 Å². The van der Waals surface area contributed by atoms with E-state index < -0.39 is 5.60 Å². The highest BCUT2D eigenvalue weighted by Gasteiger charge is 2.42. The first-order valence-corrected chi connectivity index (χ1v) is 10.3. The number of amides is 2. The fourth-order valence-electron chi connectivity index (χ4n) is 3.75. The van der Waals surface area contributed by atoms with Crippen molar-refractivity contribution in [2.75, 3.05) is 40.3 Å². The number of carbonyl (C=O) groups is 2. The van der Waals surface area contributed by atoms with Crippen molar-refractivity contribution in [2.45, 2.75) is 65.0 Å². The van der Waals surface area contributed by atoms with Gasteiger partial charge in [-0.3, -0.25) is 9.79 Å². The first-order chi connectivity index (χ1) is 13.1. The third-order valence-electron chi connectivity index (χ3n) is 5.18. The third kappa shape index (κ3) is 5.75. The summed E-state index contributed by atoms with van der Waals surface area (Å²) in [4.78, 5) is 32.9. The second-order valence-electron chi connectivity index (χ2n) is 9.11. The Labute approximate surface area is 169 Å². The van der Waals surface area contributed by atoms with Crippen LogP contribution in [0.2, 0.25) is 0 Å². The zero-order valence-electron chi connectivity index (χ0n) is 18.3. The zero-order chi connectivity index (χ0) is 20.9. The summed E-state index contributed by atoms with van der Waals surface area (Å²) in [7, 11) is 3.63. The van der Waals surface area contributed by atoms with Crippen molar-refractivity contribution in [3.8, 4) is 0 Å². The van der Waals surface area contributed by atoms with Gasteiger partial charge in [0.15, 0.2) is 5.96 Å². The number of guanidine groups is 1. The zero-order valence-corrected chi connectivity index (χ0v) is 18.3. The molecule has 2 fully saturated rings. The monoisotopic (exact) mass is 395 g/mol. The third-order valence-corrected chi connectivity index (χ3v) is 5.18. The Morgan fingerprint density at radius 3 is 2.32 bits per heavy atom. The minimum Gasteiger partial charge on any atom is -0.444 e. The SMILES string of the molecule is CCNC(=NCC1(C(=O)N(C)C)CCCC1)NC1CN(C(=O)OC(C)(C)C)C1. The standard InChI is InChI=1S/C20H37N5O3/c1-7-21-17(22-14-20(10-8-9-11-20)16(26)24(5)6)23-15-12-25(13-15)18(27)28-19(2,3)4/h15H,7-14H2,1-6H3,(H2,21,22,23). The number of ether oxygens (including phenoxy) is 1. The maximum absolute atomic E-state index is 12.7. The molecule has 1 aliphatic heterocycles. The van der Waals surface area contributed by atoms with E-state index in [0.29, 0.717) is 25.6 Å². The maximum atomic E-state index is 12.7. The Morgan fingerprint density at radius 1 is 1.21 bits per heavy atom. The molecule has 0 atom stereocenters. The Balaban J connectivity index is 1.93. The molecule has 2 N–H and O–H groups in total. The van der Waals surface area contributed by atoms with Crippen LogP contribution >= 0.6 is 0 Å². The minimum atomic E-state index is -0.486. The van der Waals surface area contributed by atoms with Crippen LogP contribution < -0.4 is 10.6 Å². The van der Waals surface area contributed by atoms with Crippen LogP contribution in [0.15, 0.2) is 4.99 Å². The number of hydrogen-bond acceptors (Lipinski definition) is 4. The molecule has 0 unspecified atom stereocenters. The van der Waals surface area contributed by atoms with Crippen molar-refractivity contribution >= 4 is 18.0 Å². The average Bonchev–Trinajstić information content (AvgIpc) is 3.02. The first-order valence-electron chi connectivity index (χ1n) is 10.3. The van der Waals surface area contributed by atoms with E-state index in [2.05, 4.69) is 10.6 Å². The Kier molecular flexibility index (Phi) is 7.17. The van der Waals surface area contributed by atoms with Crippen molar-refractivity contribution in [1.29, 1.82) is 0 Å². The van der Waals surface area contributed by atoms with Crippen LogP contribution in [0, 0.1) is 5.41 Å². The predicted molar refractivity (Wildman–Crippen MR) is 110 cm³/mol. The Hall–Kier alpha value is -1.99. The molecular weight excluding hydrogens is 358 g/mol. The molecule has 0 aromatic rings. The molecule has 0 radical (unpaired) electrons. The lowest BCUT2D eigenvalue weighted by atomic mass is 9.85. The molecule has 2 amide bonds. The van der Waals surface area contributed by atoms with Crippen LogP contribution in [0.5, 0.6) is 0 Å². The van der Waals surface area contributed by atoms with Gasteiger partial charge in [-0.25, -0.2) is 4.79 Å². The maximum Gasteiger partial charge on any atom is 0.410 e. The number of nitrogens with zero attached hydrogens (tertiary/aromatic N) is 3. The molecule has 0 aromatic carbocycles. The average molecular weight is 396 g/mol. The first kappa shape index (κ1) is 22.3. The van der Waals surface area contributed by atoms with Crippen LogP contribution in [-0.2, 0) is 9.53 Å². The van der Waals surface area contributed by atoms with Crippen LogP contribution in [0.3, 0.4) is 0 Å². The van der Waals surface area contributed by atoms with Crippen molar-refractivity contribution in [1.82, 2.24) is 20.4 Å². The second kappa shape index (κ2) is 9.01. The van der Waals surface area contributed by atoms with Gasteiger partial charge in [0.1, 0.15) is 5.60 Å². The summed E-state index contributed by atoms with van der Waals surface area (Å²) in [5.41, 5.74) is -0.866. The highest BCUT2D eigenvalue weighted by atomic mass is 16.6. The number of carbonyl (C=O) groups excluding carboxylic acids is 2. The number of hydrogen-bond donors (Lipinski definition) is 2. The van der Waals surface area contributed by atoms with Crippen molar-refractivity contribution in [3.63, 3.8) is 0 Å². The van der Waals surface area contributed by atoms with E-state index in [4.69, 9.17) is 9.73 Å². The molecule has 0 spiro atoms. The van der Waals surface area contributed by atoms with Crippen LogP contribution in [0.4, 0.5) is 4.79 Å². The van der Waals surface area contributed by atoms with E-state index in [9.17, 15) is 9.59 Å². The molecule has 1 aliphatic carbocycles. The van der Waals surface area contributed by atoms with Crippen molar-refractivity contribution in [2.24, 2.45) is 10.4 Å². The number of rotatable bonds is 5. The topological polar surface area (TPSA) is 86.3 Å². The molecule has 2 aliphatic rings. The Morgan fingerprint density at radius 2 is 1.82 bits per heavy atom. The Bertz CT molecular complexity index is 585. The fraction of sp³-hybridized carbons (Fsp3) is 0.850. The normalized spacial score (nSPS) is 19.8. The lowest BCUT2D eigenvalue weighted by Crippen LogP contribution is -2.63. The van der Waals surface area contributed by atoms with E-state index in [1.54, 1.807) is 9.80 Å². The molecular formula is C20H37N5O3. The highest BCUT2D eigenvalue weighted by molar-refractivity contribution is 5.84. The van der Waals surface area contributed by atoms with Gasteiger partial charge in [0.25, 0.3) is 0 Å². The van der Waals surface area contributed by atoms with E-state index in [1.807, 2.05) is 41.8 Å². The molecule has 160 valence electrons. The summed E-state index contributed by atoms with van der Waals surface area (Å²) < 4.78 is 5.39. The summed E-state index contributed by atoms with van der Waals surface area (Å²) in [5.74, 6) is 0.874.